The van der Waals surface area contributed by atoms with Crippen LogP contribution in [0, 0.1) is 6.92 Å². The van der Waals surface area contributed by atoms with Crippen LogP contribution in [0.2, 0.25) is 0 Å². The average Bonchev–Trinajstić information content (AvgIpc) is 2.57. The first kappa shape index (κ1) is 18.2. The summed E-state index contributed by atoms with van der Waals surface area (Å²) in [5.41, 5.74) is 2.22. The molecule has 5 heteroatoms. The SMILES string of the molecule is COCCCNc1cc(C)nc(N(Cc2ccccc2)C(C)C)n1. The van der Waals surface area contributed by atoms with E-state index < -0.39 is 0 Å². The van der Waals surface area contributed by atoms with E-state index in [9.17, 15) is 0 Å². The predicted molar refractivity (Wildman–Crippen MR) is 99.5 cm³/mol. The second-order valence-electron chi connectivity index (χ2n) is 6.17. The van der Waals surface area contributed by atoms with Gasteiger partial charge in [-0.05, 0) is 32.8 Å². The Kier molecular flexibility index (Phi) is 7.00. The zero-order valence-electron chi connectivity index (χ0n) is 15.1. The smallest absolute Gasteiger partial charge is 0.228 e. The second-order valence-corrected chi connectivity index (χ2v) is 6.17. The fraction of sp³-hybridized carbons (Fsp3) is 0.474. The number of nitrogens with one attached hydrogen (secondary N) is 1. The maximum absolute atomic E-state index is 5.08. The van der Waals surface area contributed by atoms with E-state index in [-0.39, 0.29) is 0 Å². The van der Waals surface area contributed by atoms with Crippen LogP contribution >= 0.6 is 0 Å². The number of anilines is 2. The molecule has 1 heterocycles. The van der Waals surface area contributed by atoms with E-state index in [0.29, 0.717) is 6.04 Å². The summed E-state index contributed by atoms with van der Waals surface area (Å²) in [4.78, 5) is 11.6. The molecule has 1 aromatic heterocycles. The molecule has 1 aromatic carbocycles. The van der Waals surface area contributed by atoms with Crippen molar-refractivity contribution >= 4 is 11.8 Å². The molecule has 0 amide bonds. The Bertz CT molecular complexity index is 616. The summed E-state index contributed by atoms with van der Waals surface area (Å²) in [6.45, 7) is 8.72. The maximum atomic E-state index is 5.08. The van der Waals surface area contributed by atoms with Crippen LogP contribution in [0.25, 0.3) is 0 Å². The number of aromatic nitrogens is 2. The molecule has 130 valence electrons. The first-order valence-electron chi connectivity index (χ1n) is 8.49. The maximum Gasteiger partial charge on any atom is 0.228 e. The van der Waals surface area contributed by atoms with Crippen molar-refractivity contribution in [2.45, 2.75) is 39.8 Å². The highest BCUT2D eigenvalue weighted by atomic mass is 16.5. The van der Waals surface area contributed by atoms with Crippen LogP contribution in [0.3, 0.4) is 0 Å². The predicted octanol–water partition coefficient (Wildman–Crippen LogP) is 3.65. The fourth-order valence-corrected chi connectivity index (χ4v) is 2.47. The molecule has 0 saturated heterocycles. The first-order chi connectivity index (χ1) is 11.6. The van der Waals surface area contributed by atoms with E-state index in [2.05, 4.69) is 53.3 Å². The summed E-state index contributed by atoms with van der Waals surface area (Å²) in [6, 6.07) is 12.7. The van der Waals surface area contributed by atoms with Crippen molar-refractivity contribution in [1.82, 2.24) is 9.97 Å². The minimum absolute atomic E-state index is 0.313. The van der Waals surface area contributed by atoms with Gasteiger partial charge in [-0.15, -0.1) is 0 Å². The van der Waals surface area contributed by atoms with Crippen LogP contribution < -0.4 is 10.2 Å². The van der Waals surface area contributed by atoms with Gasteiger partial charge < -0.3 is 15.0 Å². The molecule has 2 rings (SSSR count). The van der Waals surface area contributed by atoms with Crippen LogP contribution in [-0.4, -0.2) is 36.3 Å². The van der Waals surface area contributed by atoms with Gasteiger partial charge in [0.1, 0.15) is 5.82 Å². The molecule has 2 aromatic rings. The Morgan fingerprint density at radius 1 is 1.17 bits per heavy atom. The van der Waals surface area contributed by atoms with Gasteiger partial charge in [-0.3, -0.25) is 0 Å². The number of ether oxygens (including phenoxy) is 1. The van der Waals surface area contributed by atoms with Crippen LogP contribution in [-0.2, 0) is 11.3 Å². The molecule has 5 nitrogen and oxygen atoms in total. The Balaban J connectivity index is 2.15. The van der Waals surface area contributed by atoms with Crippen molar-refractivity contribution in [3.05, 3.63) is 47.7 Å². The van der Waals surface area contributed by atoms with Gasteiger partial charge in [-0.2, -0.15) is 4.98 Å². The van der Waals surface area contributed by atoms with Gasteiger partial charge in [-0.25, -0.2) is 4.98 Å². The summed E-state index contributed by atoms with van der Waals surface area (Å²) in [5.74, 6) is 1.63. The van der Waals surface area contributed by atoms with Gasteiger partial charge in [-0.1, -0.05) is 30.3 Å². The van der Waals surface area contributed by atoms with Crippen molar-refractivity contribution in [3.63, 3.8) is 0 Å². The molecule has 0 aliphatic carbocycles. The Hall–Kier alpha value is -2.14. The summed E-state index contributed by atoms with van der Waals surface area (Å²) in [7, 11) is 1.72. The number of nitrogens with zero attached hydrogens (tertiary/aromatic N) is 3. The highest BCUT2D eigenvalue weighted by Crippen LogP contribution is 2.19. The summed E-state index contributed by atoms with van der Waals surface area (Å²) in [6.07, 6.45) is 0.951. The highest BCUT2D eigenvalue weighted by molar-refractivity contribution is 5.44. The summed E-state index contributed by atoms with van der Waals surface area (Å²) in [5, 5.41) is 3.36. The van der Waals surface area contributed by atoms with E-state index in [1.54, 1.807) is 7.11 Å². The van der Waals surface area contributed by atoms with Crippen molar-refractivity contribution in [2.75, 3.05) is 30.5 Å². The average molecular weight is 328 g/mol. The minimum atomic E-state index is 0.313. The van der Waals surface area contributed by atoms with Crippen molar-refractivity contribution < 1.29 is 4.74 Å². The number of benzene rings is 1. The topological polar surface area (TPSA) is 50.3 Å². The molecule has 0 atom stereocenters. The lowest BCUT2D eigenvalue weighted by Crippen LogP contribution is -2.32. The minimum Gasteiger partial charge on any atom is -0.385 e. The number of aryl methyl sites for hydroxylation is 1. The quantitative estimate of drug-likeness (QED) is 0.712. The number of hydrogen-bond acceptors (Lipinski definition) is 5. The summed E-state index contributed by atoms with van der Waals surface area (Å²) < 4.78 is 5.08. The molecule has 1 N–H and O–H groups in total. The highest BCUT2D eigenvalue weighted by Gasteiger charge is 2.15. The van der Waals surface area contributed by atoms with Crippen molar-refractivity contribution in [1.29, 1.82) is 0 Å². The van der Waals surface area contributed by atoms with Gasteiger partial charge >= 0.3 is 0 Å². The molecular weight excluding hydrogens is 300 g/mol. The molecule has 0 aliphatic rings. The van der Waals surface area contributed by atoms with E-state index >= 15 is 0 Å². The lowest BCUT2D eigenvalue weighted by molar-refractivity contribution is 0.198. The lowest BCUT2D eigenvalue weighted by atomic mass is 10.2. The van der Waals surface area contributed by atoms with Gasteiger partial charge in [0.25, 0.3) is 0 Å². The molecule has 0 bridgehead atoms. The van der Waals surface area contributed by atoms with E-state index in [1.165, 1.54) is 5.56 Å². The van der Waals surface area contributed by atoms with E-state index in [1.807, 2.05) is 19.1 Å². The third kappa shape index (κ3) is 5.49. The second kappa shape index (κ2) is 9.23. The zero-order chi connectivity index (χ0) is 17.4. The van der Waals surface area contributed by atoms with Gasteiger partial charge in [0.15, 0.2) is 0 Å². The molecule has 0 unspecified atom stereocenters. The zero-order valence-corrected chi connectivity index (χ0v) is 15.1. The lowest BCUT2D eigenvalue weighted by Gasteiger charge is -2.27. The molecule has 0 spiro atoms. The van der Waals surface area contributed by atoms with Crippen LogP contribution in [0.5, 0.6) is 0 Å². The molecular formula is C19H28N4O. The standard InChI is InChI=1S/C19H28N4O/c1-15(2)23(14-17-9-6-5-7-10-17)19-21-16(3)13-18(22-19)20-11-8-12-24-4/h5-7,9-10,13,15H,8,11-12,14H2,1-4H3,(H,20,21,22). The van der Waals surface area contributed by atoms with E-state index in [0.717, 1.165) is 43.6 Å². The Morgan fingerprint density at radius 2 is 1.92 bits per heavy atom. The normalized spacial score (nSPS) is 10.9. The van der Waals surface area contributed by atoms with Gasteiger partial charge in [0, 0.05) is 44.6 Å². The molecule has 0 aliphatic heterocycles. The third-order valence-corrected chi connectivity index (χ3v) is 3.75. The molecule has 0 saturated carbocycles. The molecule has 0 fully saturated rings. The molecule has 0 radical (unpaired) electrons. The van der Waals surface area contributed by atoms with Gasteiger partial charge in [0.2, 0.25) is 5.95 Å². The van der Waals surface area contributed by atoms with Crippen LogP contribution in [0.15, 0.2) is 36.4 Å². The molecule has 24 heavy (non-hydrogen) atoms. The largest absolute Gasteiger partial charge is 0.385 e. The number of rotatable bonds is 9. The van der Waals surface area contributed by atoms with E-state index in [4.69, 9.17) is 9.72 Å². The third-order valence-electron chi connectivity index (χ3n) is 3.75. The summed E-state index contributed by atoms with van der Waals surface area (Å²) >= 11 is 0. The van der Waals surface area contributed by atoms with Crippen LogP contribution in [0.4, 0.5) is 11.8 Å². The monoisotopic (exact) mass is 328 g/mol. The van der Waals surface area contributed by atoms with Crippen LogP contribution in [0.1, 0.15) is 31.5 Å². The Labute approximate surface area is 145 Å². The van der Waals surface area contributed by atoms with Crippen molar-refractivity contribution in [3.8, 4) is 0 Å². The van der Waals surface area contributed by atoms with Crippen molar-refractivity contribution in [2.24, 2.45) is 0 Å². The number of hydrogen-bond donors (Lipinski definition) is 1. The Morgan fingerprint density at radius 3 is 2.58 bits per heavy atom. The first-order valence-corrected chi connectivity index (χ1v) is 8.49. The fourth-order valence-electron chi connectivity index (χ4n) is 2.47. The number of methoxy groups -OCH3 is 1. The van der Waals surface area contributed by atoms with Gasteiger partial charge in [0.05, 0.1) is 0 Å².